The van der Waals surface area contributed by atoms with Crippen LogP contribution in [0.25, 0.3) is 0 Å². The predicted octanol–water partition coefficient (Wildman–Crippen LogP) is 2.81. The van der Waals surface area contributed by atoms with E-state index in [1.807, 2.05) is 24.3 Å². The van der Waals surface area contributed by atoms with Crippen LogP contribution in [0.3, 0.4) is 0 Å². The van der Waals surface area contributed by atoms with E-state index in [0.717, 1.165) is 17.7 Å². The Morgan fingerprint density at radius 3 is 2.29 bits per heavy atom. The first-order valence-electron chi connectivity index (χ1n) is 10.5. The predicted molar refractivity (Wildman–Crippen MR) is 109 cm³/mol. The van der Waals surface area contributed by atoms with Gasteiger partial charge < -0.3 is 10.0 Å². The largest absolute Gasteiger partial charge is 0.392 e. The van der Waals surface area contributed by atoms with Crippen molar-refractivity contribution >= 4 is 5.91 Å². The Bertz CT molecular complexity index is 827. The number of fused-ring (bicyclic) bond motifs is 2. The van der Waals surface area contributed by atoms with Crippen LogP contribution in [0.15, 0.2) is 54.6 Å². The van der Waals surface area contributed by atoms with Crippen LogP contribution < -0.4 is 0 Å². The van der Waals surface area contributed by atoms with Gasteiger partial charge in [-0.05, 0) is 48.5 Å². The molecular formula is C24H28N2O2. The molecule has 6 rings (SSSR count). The lowest BCUT2D eigenvalue weighted by molar-refractivity contribution is -0.135. The Balaban J connectivity index is 1.41. The number of nitrogens with zero attached hydrogens (tertiary/aromatic N) is 2. The second-order valence-corrected chi connectivity index (χ2v) is 8.57. The molecule has 146 valence electrons. The lowest BCUT2D eigenvalue weighted by atomic mass is 9.75. The number of carbonyl (C=O) groups is 1. The van der Waals surface area contributed by atoms with Gasteiger partial charge in [0.2, 0.25) is 5.91 Å². The minimum atomic E-state index is 0.0420. The first-order valence-corrected chi connectivity index (χ1v) is 10.5. The van der Waals surface area contributed by atoms with Crippen molar-refractivity contribution in [1.82, 2.24) is 9.80 Å². The van der Waals surface area contributed by atoms with Crippen LogP contribution in [0.4, 0.5) is 0 Å². The molecule has 4 aliphatic heterocycles. The lowest BCUT2D eigenvalue weighted by Crippen LogP contribution is -2.60. The van der Waals surface area contributed by atoms with Gasteiger partial charge in [0.05, 0.1) is 19.1 Å². The van der Waals surface area contributed by atoms with Gasteiger partial charge in [-0.25, -0.2) is 0 Å². The third-order valence-electron chi connectivity index (χ3n) is 7.10. The summed E-state index contributed by atoms with van der Waals surface area (Å²) in [5.41, 5.74) is 3.29. The van der Waals surface area contributed by atoms with Crippen LogP contribution in [0, 0.1) is 5.92 Å². The van der Waals surface area contributed by atoms with E-state index in [1.54, 1.807) is 0 Å². The molecule has 4 heteroatoms. The molecular weight excluding hydrogens is 348 g/mol. The first kappa shape index (κ1) is 17.9. The average Bonchev–Trinajstić information content (AvgIpc) is 3.19. The summed E-state index contributed by atoms with van der Waals surface area (Å²) in [6.07, 6.45) is 2.89. The van der Waals surface area contributed by atoms with Gasteiger partial charge in [-0.3, -0.25) is 9.69 Å². The summed E-state index contributed by atoms with van der Waals surface area (Å²) >= 11 is 0. The van der Waals surface area contributed by atoms with Crippen molar-refractivity contribution in [2.45, 2.75) is 43.9 Å². The molecule has 2 aromatic rings. The monoisotopic (exact) mass is 376 g/mol. The SMILES string of the molecule is O=C(Cc1ccc(CO)cc1)N1C[C@H](c2ccccc2)[C@H]2[C@@H]1C1CCN2CC1. The standard InChI is InChI=1S/C24H28N2O2/c27-16-18-8-6-17(7-9-18)14-22(28)26-15-21(19-4-2-1-3-5-19)24-23(26)20-10-12-25(24)13-11-20/h1-9,20-21,23-24,27H,10-16H2/t21-,23+,24+/m1/s1. The molecule has 0 radical (unpaired) electrons. The molecule has 3 atom stereocenters. The summed E-state index contributed by atoms with van der Waals surface area (Å²) in [7, 11) is 0. The van der Waals surface area contributed by atoms with Crippen LogP contribution in [-0.4, -0.2) is 52.5 Å². The van der Waals surface area contributed by atoms with Crippen molar-refractivity contribution in [3.05, 3.63) is 71.3 Å². The molecule has 1 N–H and O–H groups in total. The minimum Gasteiger partial charge on any atom is -0.392 e. The van der Waals surface area contributed by atoms with Crippen molar-refractivity contribution in [3.8, 4) is 0 Å². The molecule has 4 fully saturated rings. The fraction of sp³-hybridized carbons (Fsp3) is 0.458. The van der Waals surface area contributed by atoms with Gasteiger partial charge in [0.25, 0.3) is 0 Å². The summed E-state index contributed by atoms with van der Waals surface area (Å²) in [5, 5.41) is 9.23. The highest BCUT2D eigenvalue weighted by atomic mass is 16.3. The molecule has 4 aliphatic rings. The van der Waals surface area contributed by atoms with Crippen molar-refractivity contribution in [2.75, 3.05) is 19.6 Å². The van der Waals surface area contributed by atoms with Gasteiger partial charge in [-0.15, -0.1) is 0 Å². The Labute approximate surface area is 166 Å². The van der Waals surface area contributed by atoms with E-state index in [2.05, 4.69) is 40.1 Å². The maximum Gasteiger partial charge on any atom is 0.227 e. The Morgan fingerprint density at radius 2 is 1.61 bits per heavy atom. The molecule has 0 spiro atoms. The first-order chi connectivity index (χ1) is 13.7. The smallest absolute Gasteiger partial charge is 0.227 e. The number of rotatable bonds is 4. The number of hydrogen-bond donors (Lipinski definition) is 1. The molecule has 1 amide bonds. The van der Waals surface area contributed by atoms with E-state index in [-0.39, 0.29) is 12.5 Å². The Kier molecular flexibility index (Phi) is 4.69. The maximum absolute atomic E-state index is 13.3. The number of amides is 1. The van der Waals surface area contributed by atoms with Crippen LogP contribution in [0.5, 0.6) is 0 Å². The zero-order valence-electron chi connectivity index (χ0n) is 16.2. The van der Waals surface area contributed by atoms with Crippen molar-refractivity contribution < 1.29 is 9.90 Å². The highest BCUT2D eigenvalue weighted by Gasteiger charge is 2.54. The quantitative estimate of drug-likeness (QED) is 0.892. The van der Waals surface area contributed by atoms with Gasteiger partial charge in [0.1, 0.15) is 0 Å². The molecule has 2 aromatic carbocycles. The van der Waals surface area contributed by atoms with Gasteiger partial charge in [0.15, 0.2) is 0 Å². The molecule has 4 heterocycles. The molecule has 0 unspecified atom stereocenters. The Morgan fingerprint density at radius 1 is 0.929 bits per heavy atom. The molecule has 0 aliphatic carbocycles. The van der Waals surface area contributed by atoms with E-state index >= 15 is 0 Å². The summed E-state index contributed by atoms with van der Waals surface area (Å²) in [5.74, 6) is 1.30. The summed E-state index contributed by atoms with van der Waals surface area (Å²) in [6, 6.07) is 19.4. The zero-order chi connectivity index (χ0) is 19.1. The molecule has 0 saturated carbocycles. The zero-order valence-corrected chi connectivity index (χ0v) is 16.2. The van der Waals surface area contributed by atoms with E-state index in [9.17, 15) is 9.90 Å². The number of likely N-dealkylation sites (tertiary alicyclic amines) is 1. The lowest BCUT2D eigenvalue weighted by Gasteiger charge is -2.51. The average molecular weight is 377 g/mol. The molecule has 2 bridgehead atoms. The third-order valence-corrected chi connectivity index (χ3v) is 7.10. The van der Waals surface area contributed by atoms with E-state index in [1.165, 1.54) is 31.5 Å². The summed E-state index contributed by atoms with van der Waals surface area (Å²) in [4.78, 5) is 18.2. The topological polar surface area (TPSA) is 43.8 Å². The number of aliphatic hydroxyl groups is 1. The number of aliphatic hydroxyl groups excluding tert-OH is 1. The van der Waals surface area contributed by atoms with Gasteiger partial charge in [-0.2, -0.15) is 0 Å². The van der Waals surface area contributed by atoms with Crippen molar-refractivity contribution in [1.29, 1.82) is 0 Å². The third kappa shape index (κ3) is 3.05. The molecule has 4 saturated heterocycles. The van der Waals surface area contributed by atoms with Gasteiger partial charge in [-0.1, -0.05) is 54.6 Å². The second-order valence-electron chi connectivity index (χ2n) is 8.57. The number of benzene rings is 2. The van der Waals surface area contributed by atoms with Gasteiger partial charge in [0, 0.05) is 18.5 Å². The van der Waals surface area contributed by atoms with Crippen LogP contribution in [-0.2, 0) is 17.8 Å². The highest BCUT2D eigenvalue weighted by molar-refractivity contribution is 5.80. The summed E-state index contributed by atoms with van der Waals surface area (Å²) in [6.45, 7) is 3.24. The van der Waals surface area contributed by atoms with Gasteiger partial charge >= 0.3 is 0 Å². The summed E-state index contributed by atoms with van der Waals surface area (Å²) < 4.78 is 0. The van der Waals surface area contributed by atoms with E-state index in [0.29, 0.717) is 30.3 Å². The second kappa shape index (κ2) is 7.34. The van der Waals surface area contributed by atoms with E-state index < -0.39 is 0 Å². The maximum atomic E-state index is 13.3. The normalized spacial score (nSPS) is 31.0. The Hall–Kier alpha value is -2.17. The fourth-order valence-corrected chi connectivity index (χ4v) is 5.74. The molecule has 28 heavy (non-hydrogen) atoms. The van der Waals surface area contributed by atoms with Crippen LogP contribution >= 0.6 is 0 Å². The minimum absolute atomic E-state index is 0.0420. The molecule has 4 nitrogen and oxygen atoms in total. The number of hydrogen-bond acceptors (Lipinski definition) is 3. The number of piperidine rings is 3. The van der Waals surface area contributed by atoms with Crippen molar-refractivity contribution in [2.24, 2.45) is 5.92 Å². The highest BCUT2D eigenvalue weighted by Crippen LogP contribution is 2.46. The van der Waals surface area contributed by atoms with Crippen molar-refractivity contribution in [3.63, 3.8) is 0 Å². The van der Waals surface area contributed by atoms with Crippen LogP contribution in [0.2, 0.25) is 0 Å². The molecule has 0 aromatic heterocycles. The van der Waals surface area contributed by atoms with E-state index in [4.69, 9.17) is 0 Å². The number of carbonyl (C=O) groups excluding carboxylic acids is 1. The fourth-order valence-electron chi connectivity index (χ4n) is 5.74. The van der Waals surface area contributed by atoms with Crippen LogP contribution in [0.1, 0.15) is 35.4 Å².